The topological polar surface area (TPSA) is 64.3 Å². The lowest BCUT2D eigenvalue weighted by atomic mass is 9.57. The lowest BCUT2D eigenvalue weighted by Crippen LogP contribution is -2.58. The first kappa shape index (κ1) is 15.6. The Morgan fingerprint density at radius 2 is 1.75 bits per heavy atom. The van der Waals surface area contributed by atoms with Crippen LogP contribution in [0, 0.1) is 5.41 Å². The molecule has 0 saturated heterocycles. The summed E-state index contributed by atoms with van der Waals surface area (Å²) in [5, 5.41) is 3.17. The minimum Gasteiger partial charge on any atom is -0.444 e. The molecule has 3 aliphatic carbocycles. The highest BCUT2D eigenvalue weighted by atomic mass is 16.6. The third-order valence-corrected chi connectivity index (χ3v) is 5.42. The maximum Gasteiger partial charge on any atom is 0.408 e. The van der Waals surface area contributed by atoms with Crippen LogP contribution in [-0.4, -0.2) is 23.8 Å². The number of nitrogens with two attached hydrogens (primary N) is 1. The van der Waals surface area contributed by atoms with Crippen molar-refractivity contribution in [1.82, 2.24) is 5.32 Å². The summed E-state index contributed by atoms with van der Waals surface area (Å²) in [6.45, 7) is 6.86. The summed E-state index contributed by atoms with van der Waals surface area (Å²) < 4.78 is 5.60. The van der Waals surface area contributed by atoms with Crippen molar-refractivity contribution in [3.63, 3.8) is 0 Å². The molecule has 4 heteroatoms. The van der Waals surface area contributed by atoms with Crippen molar-refractivity contribution >= 4 is 6.09 Å². The molecule has 0 aromatic carbocycles. The van der Waals surface area contributed by atoms with Crippen LogP contribution >= 0.6 is 0 Å². The SMILES string of the molecule is CCCC(C)(C)OC(=O)NC12CCC(CN)(CC1)CC2. The van der Waals surface area contributed by atoms with Crippen LogP contribution in [-0.2, 0) is 4.74 Å². The van der Waals surface area contributed by atoms with Crippen LogP contribution in [0.15, 0.2) is 0 Å². The maximum atomic E-state index is 12.2. The molecule has 3 aliphatic rings. The molecule has 116 valence electrons. The standard InChI is InChI=1S/C16H30N2O2/c1-4-5-14(2,3)20-13(19)18-16-9-6-15(12-17,7-10-16)8-11-16/h4-12,17H2,1-3H3,(H,18,19). The molecule has 0 spiro atoms. The largest absolute Gasteiger partial charge is 0.444 e. The summed E-state index contributed by atoms with van der Waals surface area (Å²) in [5.74, 6) is 0. The van der Waals surface area contributed by atoms with Gasteiger partial charge in [-0.15, -0.1) is 0 Å². The van der Waals surface area contributed by atoms with E-state index in [1.165, 1.54) is 0 Å². The minimum atomic E-state index is -0.375. The summed E-state index contributed by atoms with van der Waals surface area (Å²) >= 11 is 0. The zero-order valence-electron chi connectivity index (χ0n) is 13.3. The van der Waals surface area contributed by atoms with Gasteiger partial charge in [-0.25, -0.2) is 4.79 Å². The van der Waals surface area contributed by atoms with Crippen molar-refractivity contribution in [2.45, 2.75) is 83.3 Å². The Balaban J connectivity index is 1.90. The van der Waals surface area contributed by atoms with Crippen LogP contribution in [0.4, 0.5) is 4.79 Å². The number of hydrogen-bond donors (Lipinski definition) is 2. The number of alkyl carbamates (subject to hydrolysis) is 1. The van der Waals surface area contributed by atoms with E-state index >= 15 is 0 Å². The van der Waals surface area contributed by atoms with Gasteiger partial charge in [-0.05, 0) is 70.8 Å². The highest BCUT2D eigenvalue weighted by Crippen LogP contribution is 2.51. The molecule has 20 heavy (non-hydrogen) atoms. The van der Waals surface area contributed by atoms with Crippen molar-refractivity contribution in [3.8, 4) is 0 Å². The fourth-order valence-corrected chi connectivity index (χ4v) is 3.90. The van der Waals surface area contributed by atoms with Gasteiger partial charge in [-0.3, -0.25) is 0 Å². The average molecular weight is 282 g/mol. The summed E-state index contributed by atoms with van der Waals surface area (Å²) in [7, 11) is 0. The van der Waals surface area contributed by atoms with E-state index in [0.717, 1.165) is 57.9 Å². The molecule has 0 heterocycles. The molecule has 0 atom stereocenters. The highest BCUT2D eigenvalue weighted by Gasteiger charge is 2.48. The van der Waals surface area contributed by atoms with Crippen molar-refractivity contribution in [2.24, 2.45) is 11.1 Å². The summed E-state index contributed by atoms with van der Waals surface area (Å²) in [6, 6.07) is 0. The molecule has 3 rings (SSSR count). The van der Waals surface area contributed by atoms with E-state index < -0.39 is 0 Å². The second kappa shape index (κ2) is 5.55. The van der Waals surface area contributed by atoms with Crippen LogP contribution < -0.4 is 11.1 Å². The normalized spacial score (nSPS) is 33.0. The fourth-order valence-electron chi connectivity index (χ4n) is 3.90. The van der Waals surface area contributed by atoms with Gasteiger partial charge >= 0.3 is 6.09 Å². The van der Waals surface area contributed by atoms with E-state index in [1.54, 1.807) is 0 Å². The van der Waals surface area contributed by atoms with Gasteiger partial charge in [0, 0.05) is 5.54 Å². The van der Waals surface area contributed by atoms with Gasteiger partial charge in [-0.1, -0.05) is 13.3 Å². The second-order valence-electron chi connectivity index (χ2n) is 7.51. The molecule has 3 saturated carbocycles. The van der Waals surface area contributed by atoms with Crippen LogP contribution in [0.3, 0.4) is 0 Å². The molecular weight excluding hydrogens is 252 g/mol. The lowest BCUT2D eigenvalue weighted by molar-refractivity contribution is -0.000296. The summed E-state index contributed by atoms with van der Waals surface area (Å²) in [4.78, 5) is 12.2. The summed E-state index contributed by atoms with van der Waals surface area (Å²) in [6.07, 6.45) is 8.24. The highest BCUT2D eigenvalue weighted by molar-refractivity contribution is 5.69. The van der Waals surface area contributed by atoms with Crippen molar-refractivity contribution < 1.29 is 9.53 Å². The van der Waals surface area contributed by atoms with Crippen molar-refractivity contribution in [1.29, 1.82) is 0 Å². The maximum absolute atomic E-state index is 12.2. The van der Waals surface area contributed by atoms with Crippen LogP contribution in [0.1, 0.15) is 72.1 Å². The predicted octanol–water partition coefficient (Wildman–Crippen LogP) is 3.34. The molecule has 1 amide bonds. The number of carbonyl (C=O) groups excluding carboxylic acids is 1. The van der Waals surface area contributed by atoms with Crippen LogP contribution in [0.25, 0.3) is 0 Å². The Labute approximate surface area is 122 Å². The third-order valence-electron chi connectivity index (χ3n) is 5.42. The van der Waals surface area contributed by atoms with Gasteiger partial charge in [-0.2, -0.15) is 0 Å². The third kappa shape index (κ3) is 3.27. The number of nitrogens with one attached hydrogen (secondary N) is 1. The molecule has 2 bridgehead atoms. The Kier molecular flexibility index (Phi) is 4.33. The molecule has 3 fully saturated rings. The number of ether oxygens (including phenoxy) is 1. The first-order valence-corrected chi connectivity index (χ1v) is 8.06. The smallest absolute Gasteiger partial charge is 0.408 e. The van der Waals surface area contributed by atoms with Gasteiger partial charge in [0.05, 0.1) is 0 Å². The number of carbonyl (C=O) groups is 1. The predicted molar refractivity (Wildman–Crippen MR) is 80.5 cm³/mol. The molecular formula is C16H30N2O2. The van der Waals surface area contributed by atoms with E-state index in [2.05, 4.69) is 12.2 Å². The van der Waals surface area contributed by atoms with E-state index in [4.69, 9.17) is 10.5 Å². The second-order valence-corrected chi connectivity index (χ2v) is 7.51. The first-order valence-electron chi connectivity index (χ1n) is 8.06. The van der Waals surface area contributed by atoms with E-state index in [1.807, 2.05) is 13.8 Å². The van der Waals surface area contributed by atoms with Crippen molar-refractivity contribution in [3.05, 3.63) is 0 Å². The Bertz CT molecular complexity index is 341. The summed E-state index contributed by atoms with van der Waals surface area (Å²) in [5.41, 5.74) is 5.87. The Morgan fingerprint density at radius 3 is 2.20 bits per heavy atom. The molecule has 0 aromatic heterocycles. The van der Waals surface area contributed by atoms with Crippen molar-refractivity contribution in [2.75, 3.05) is 6.54 Å². The quantitative estimate of drug-likeness (QED) is 0.813. The molecule has 0 radical (unpaired) electrons. The van der Waals surface area contributed by atoms with Gasteiger partial charge in [0.15, 0.2) is 0 Å². The molecule has 3 N–H and O–H groups in total. The monoisotopic (exact) mass is 282 g/mol. The zero-order chi connectivity index (χ0) is 14.9. The van der Waals surface area contributed by atoms with Gasteiger partial charge in [0.2, 0.25) is 0 Å². The first-order chi connectivity index (χ1) is 9.34. The average Bonchev–Trinajstić information content (AvgIpc) is 2.39. The number of rotatable bonds is 5. The van der Waals surface area contributed by atoms with Gasteiger partial charge in [0.1, 0.15) is 5.60 Å². The van der Waals surface area contributed by atoms with Gasteiger partial charge < -0.3 is 15.8 Å². The molecule has 0 unspecified atom stereocenters. The van der Waals surface area contributed by atoms with E-state index in [0.29, 0.717) is 5.41 Å². The zero-order valence-corrected chi connectivity index (χ0v) is 13.3. The van der Waals surface area contributed by atoms with Crippen LogP contribution in [0.5, 0.6) is 0 Å². The number of hydrogen-bond acceptors (Lipinski definition) is 3. The number of fused-ring (bicyclic) bond motifs is 3. The Morgan fingerprint density at radius 1 is 1.20 bits per heavy atom. The van der Waals surface area contributed by atoms with E-state index in [-0.39, 0.29) is 17.2 Å². The lowest BCUT2D eigenvalue weighted by Gasteiger charge is -2.53. The minimum absolute atomic E-state index is 0.0315. The number of amides is 1. The van der Waals surface area contributed by atoms with Gasteiger partial charge in [0.25, 0.3) is 0 Å². The Hall–Kier alpha value is -0.770. The fraction of sp³-hybridized carbons (Fsp3) is 0.938. The molecule has 0 aromatic rings. The van der Waals surface area contributed by atoms with E-state index in [9.17, 15) is 4.79 Å². The van der Waals surface area contributed by atoms with Crippen LogP contribution in [0.2, 0.25) is 0 Å². The molecule has 0 aliphatic heterocycles. The molecule has 4 nitrogen and oxygen atoms in total.